The van der Waals surface area contributed by atoms with Gasteiger partial charge in [0, 0.05) is 18.8 Å². The summed E-state index contributed by atoms with van der Waals surface area (Å²) in [4.78, 5) is 0. The fourth-order valence-electron chi connectivity index (χ4n) is 2.44. The van der Waals surface area contributed by atoms with E-state index in [1.165, 1.54) is 5.56 Å². The number of para-hydroxylation sites is 1. The number of hydrogen-bond donors (Lipinski definition) is 1. The number of nitrogens with zero attached hydrogens (tertiary/aromatic N) is 4. The van der Waals surface area contributed by atoms with Crippen molar-refractivity contribution in [2.75, 3.05) is 18.9 Å². The minimum absolute atomic E-state index is 0. The molecule has 1 heterocycles. The summed E-state index contributed by atoms with van der Waals surface area (Å²) in [5, 5.41) is 16.2. The summed E-state index contributed by atoms with van der Waals surface area (Å²) in [6, 6.07) is 14.0. The number of thioether (sulfide) groups is 1. The zero-order valence-electron chi connectivity index (χ0n) is 15.1. The van der Waals surface area contributed by atoms with Gasteiger partial charge in [-0.1, -0.05) is 30.0 Å². The van der Waals surface area contributed by atoms with E-state index in [9.17, 15) is 0 Å². The van der Waals surface area contributed by atoms with Crippen molar-refractivity contribution in [2.24, 2.45) is 0 Å². The van der Waals surface area contributed by atoms with Gasteiger partial charge in [0.1, 0.15) is 5.75 Å². The van der Waals surface area contributed by atoms with E-state index in [-0.39, 0.29) is 12.4 Å². The zero-order chi connectivity index (χ0) is 19.1. The molecule has 0 saturated carbocycles. The third kappa shape index (κ3) is 6.18. The highest BCUT2D eigenvalue weighted by atomic mass is 79.9. The SMILES string of the molecule is CCOc1c(Br)cc(CNCCSc2nnnn2-c2ccccc2)cc1Br.Cl. The summed E-state index contributed by atoms with van der Waals surface area (Å²) in [5.74, 6) is 1.71. The van der Waals surface area contributed by atoms with Crippen LogP contribution in [0.3, 0.4) is 0 Å². The number of hydrogen-bond acceptors (Lipinski definition) is 6. The first-order valence-electron chi connectivity index (χ1n) is 8.47. The van der Waals surface area contributed by atoms with E-state index in [0.29, 0.717) is 6.61 Å². The summed E-state index contributed by atoms with van der Waals surface area (Å²) in [6.07, 6.45) is 0. The van der Waals surface area contributed by atoms with Crippen LogP contribution in [-0.2, 0) is 6.54 Å². The lowest BCUT2D eigenvalue weighted by Crippen LogP contribution is -2.17. The van der Waals surface area contributed by atoms with Gasteiger partial charge < -0.3 is 10.1 Å². The number of nitrogens with one attached hydrogen (secondary N) is 1. The van der Waals surface area contributed by atoms with Crippen LogP contribution in [0.4, 0.5) is 0 Å². The molecular weight excluding hydrogens is 530 g/mol. The maximum absolute atomic E-state index is 5.62. The summed E-state index contributed by atoms with van der Waals surface area (Å²) in [7, 11) is 0. The second-order valence-corrected chi connectivity index (χ2v) is 8.33. The Kier molecular flexibility index (Phi) is 9.73. The van der Waals surface area contributed by atoms with Crippen molar-refractivity contribution < 1.29 is 4.74 Å². The molecule has 0 bridgehead atoms. The van der Waals surface area contributed by atoms with Gasteiger partial charge in [0.15, 0.2) is 0 Å². The Morgan fingerprint density at radius 2 is 1.86 bits per heavy atom. The van der Waals surface area contributed by atoms with Crippen LogP contribution < -0.4 is 10.1 Å². The van der Waals surface area contributed by atoms with Gasteiger partial charge in [-0.2, -0.15) is 4.68 Å². The zero-order valence-corrected chi connectivity index (χ0v) is 19.9. The standard InChI is InChI=1S/C18H19Br2N5OS.ClH/c1-2-26-17-15(19)10-13(11-16(17)20)12-21-8-9-27-18-22-23-24-25(18)14-6-4-3-5-7-14;/h3-7,10-11,21H,2,8-9,12H2,1H3;1H. The van der Waals surface area contributed by atoms with Crippen LogP contribution in [0, 0.1) is 0 Å². The van der Waals surface area contributed by atoms with E-state index in [1.54, 1.807) is 16.4 Å². The van der Waals surface area contributed by atoms with Gasteiger partial charge in [-0.05, 0) is 79.0 Å². The second-order valence-electron chi connectivity index (χ2n) is 5.56. The molecule has 0 unspecified atom stereocenters. The topological polar surface area (TPSA) is 64.9 Å². The maximum Gasteiger partial charge on any atom is 0.214 e. The Balaban J connectivity index is 0.00000280. The van der Waals surface area contributed by atoms with Gasteiger partial charge in [-0.15, -0.1) is 17.5 Å². The summed E-state index contributed by atoms with van der Waals surface area (Å²) < 4.78 is 9.27. The van der Waals surface area contributed by atoms with Crippen LogP contribution in [0.15, 0.2) is 56.6 Å². The minimum atomic E-state index is 0. The lowest BCUT2D eigenvalue weighted by atomic mass is 10.2. The van der Waals surface area contributed by atoms with E-state index in [4.69, 9.17) is 4.74 Å². The number of rotatable bonds is 9. The first-order valence-corrected chi connectivity index (χ1v) is 11.0. The van der Waals surface area contributed by atoms with Crippen molar-refractivity contribution >= 4 is 56.0 Å². The Bertz CT molecular complexity index is 858. The first-order chi connectivity index (χ1) is 13.2. The Hall–Kier alpha value is -1.13. The number of ether oxygens (including phenoxy) is 1. The van der Waals surface area contributed by atoms with Crippen LogP contribution in [0.5, 0.6) is 5.75 Å². The quantitative estimate of drug-likeness (QED) is 0.303. The predicted molar refractivity (Wildman–Crippen MR) is 122 cm³/mol. The van der Waals surface area contributed by atoms with E-state index < -0.39 is 0 Å². The van der Waals surface area contributed by atoms with Crippen LogP contribution >= 0.6 is 56.0 Å². The number of aromatic nitrogens is 4. The lowest BCUT2D eigenvalue weighted by Gasteiger charge is -2.11. The molecule has 0 saturated heterocycles. The maximum atomic E-state index is 5.62. The highest BCUT2D eigenvalue weighted by molar-refractivity contribution is 9.11. The Morgan fingerprint density at radius 1 is 1.14 bits per heavy atom. The van der Waals surface area contributed by atoms with E-state index in [1.807, 2.05) is 37.3 Å². The van der Waals surface area contributed by atoms with Gasteiger partial charge >= 0.3 is 0 Å². The molecule has 3 aromatic rings. The first kappa shape index (κ1) is 23.2. The van der Waals surface area contributed by atoms with E-state index in [0.717, 1.165) is 44.4 Å². The number of halogens is 3. The monoisotopic (exact) mass is 547 g/mol. The average Bonchev–Trinajstić information content (AvgIpc) is 3.14. The molecule has 0 fully saturated rings. The average molecular weight is 550 g/mol. The Labute approximate surface area is 191 Å². The molecule has 3 rings (SSSR count). The fraction of sp³-hybridized carbons (Fsp3) is 0.278. The molecule has 0 amide bonds. The fourth-order valence-corrected chi connectivity index (χ4v) is 4.74. The smallest absolute Gasteiger partial charge is 0.214 e. The number of benzene rings is 2. The van der Waals surface area contributed by atoms with Gasteiger partial charge in [-0.25, -0.2) is 0 Å². The van der Waals surface area contributed by atoms with Crippen molar-refractivity contribution in [2.45, 2.75) is 18.6 Å². The molecule has 0 aliphatic heterocycles. The highest BCUT2D eigenvalue weighted by Gasteiger charge is 2.10. The molecule has 0 aliphatic carbocycles. The van der Waals surface area contributed by atoms with Gasteiger partial charge in [0.2, 0.25) is 5.16 Å². The van der Waals surface area contributed by atoms with Gasteiger partial charge in [-0.3, -0.25) is 0 Å². The third-order valence-corrected chi connectivity index (χ3v) is 5.73. The van der Waals surface area contributed by atoms with Crippen molar-refractivity contribution in [1.29, 1.82) is 0 Å². The molecule has 0 radical (unpaired) electrons. The molecule has 28 heavy (non-hydrogen) atoms. The van der Waals surface area contributed by atoms with Crippen molar-refractivity contribution in [3.05, 3.63) is 57.0 Å². The highest BCUT2D eigenvalue weighted by Crippen LogP contribution is 2.34. The Morgan fingerprint density at radius 3 is 2.54 bits per heavy atom. The largest absolute Gasteiger partial charge is 0.492 e. The van der Waals surface area contributed by atoms with Crippen LogP contribution in [0.1, 0.15) is 12.5 Å². The molecular formula is C18H20Br2ClN5OS. The molecule has 0 spiro atoms. The summed E-state index contributed by atoms with van der Waals surface area (Å²) in [6.45, 7) is 4.22. The number of tetrazole rings is 1. The predicted octanol–water partition coefficient (Wildman–Crippen LogP) is 4.89. The lowest BCUT2D eigenvalue weighted by molar-refractivity contribution is 0.336. The molecule has 1 aromatic heterocycles. The molecule has 2 aromatic carbocycles. The second kappa shape index (κ2) is 11.8. The molecule has 150 valence electrons. The van der Waals surface area contributed by atoms with Crippen LogP contribution in [0.25, 0.3) is 5.69 Å². The normalized spacial score (nSPS) is 10.5. The summed E-state index contributed by atoms with van der Waals surface area (Å²) in [5.41, 5.74) is 2.14. The van der Waals surface area contributed by atoms with Crippen LogP contribution in [-0.4, -0.2) is 39.1 Å². The van der Waals surface area contributed by atoms with E-state index in [2.05, 4.69) is 64.8 Å². The van der Waals surface area contributed by atoms with Gasteiger partial charge in [0.25, 0.3) is 0 Å². The van der Waals surface area contributed by atoms with Crippen LogP contribution in [0.2, 0.25) is 0 Å². The van der Waals surface area contributed by atoms with Crippen molar-refractivity contribution in [3.63, 3.8) is 0 Å². The molecule has 0 atom stereocenters. The summed E-state index contributed by atoms with van der Waals surface area (Å²) >= 11 is 8.76. The molecule has 1 N–H and O–H groups in total. The molecule has 0 aliphatic rings. The van der Waals surface area contributed by atoms with Crippen molar-refractivity contribution in [1.82, 2.24) is 25.5 Å². The van der Waals surface area contributed by atoms with Crippen molar-refractivity contribution in [3.8, 4) is 11.4 Å². The molecule has 10 heteroatoms. The minimum Gasteiger partial charge on any atom is -0.492 e. The van der Waals surface area contributed by atoms with Gasteiger partial charge in [0.05, 0.1) is 21.2 Å². The molecule has 6 nitrogen and oxygen atoms in total. The van der Waals surface area contributed by atoms with E-state index >= 15 is 0 Å². The third-order valence-electron chi connectivity index (χ3n) is 3.63.